The van der Waals surface area contributed by atoms with Crippen LogP contribution >= 0.6 is 0 Å². The zero-order valence-electron chi connectivity index (χ0n) is 10.9. The molecular formula is C14H25NO. The zero-order valence-corrected chi connectivity index (χ0v) is 10.9. The maximum absolute atomic E-state index is 10.3. The summed E-state index contributed by atoms with van der Waals surface area (Å²) in [5.74, 6) is 1.09. The molecule has 0 aromatic carbocycles. The largest absolute Gasteiger partial charge is 0.391 e. The van der Waals surface area contributed by atoms with Crippen molar-refractivity contribution in [2.75, 3.05) is 0 Å². The van der Waals surface area contributed by atoms with Crippen LogP contribution in [0.1, 0.15) is 59.3 Å². The smallest absolute Gasteiger partial charge is 0.0835 e. The second-order valence-corrected chi connectivity index (χ2v) is 5.78. The molecule has 0 saturated heterocycles. The molecule has 3 atom stereocenters. The number of rotatable bonds is 4. The quantitative estimate of drug-likeness (QED) is 0.792. The Balaban J connectivity index is 2.72. The molecule has 0 spiro atoms. The summed E-state index contributed by atoms with van der Waals surface area (Å²) in [6.07, 6.45) is 5.56. The molecule has 0 radical (unpaired) electrons. The molecule has 3 unspecified atom stereocenters. The first kappa shape index (κ1) is 13.5. The monoisotopic (exact) mass is 223 g/mol. The molecule has 0 amide bonds. The van der Waals surface area contributed by atoms with Crippen LogP contribution in [-0.2, 0) is 0 Å². The molecule has 1 saturated carbocycles. The number of hydrogen-bond acceptors (Lipinski definition) is 2. The predicted molar refractivity (Wildman–Crippen MR) is 65.8 cm³/mol. The number of hydrogen-bond donors (Lipinski definition) is 1. The molecule has 16 heavy (non-hydrogen) atoms. The summed E-state index contributed by atoms with van der Waals surface area (Å²) in [5.41, 5.74) is -0.455. The van der Waals surface area contributed by atoms with E-state index in [9.17, 15) is 10.4 Å². The molecule has 0 aliphatic heterocycles. The van der Waals surface area contributed by atoms with Gasteiger partial charge in [0.15, 0.2) is 0 Å². The van der Waals surface area contributed by atoms with Gasteiger partial charge in [-0.3, -0.25) is 0 Å². The minimum Gasteiger partial charge on any atom is -0.391 e. The first-order chi connectivity index (χ1) is 7.54. The second kappa shape index (κ2) is 5.68. The third-order valence-electron chi connectivity index (χ3n) is 4.02. The maximum atomic E-state index is 10.3. The fourth-order valence-corrected chi connectivity index (χ4v) is 2.92. The van der Waals surface area contributed by atoms with Gasteiger partial charge in [0.1, 0.15) is 0 Å². The molecule has 0 aromatic rings. The molecule has 2 nitrogen and oxygen atoms in total. The normalized spacial score (nSPS) is 32.4. The Bertz CT molecular complexity index is 256. The van der Waals surface area contributed by atoms with Gasteiger partial charge in [0.2, 0.25) is 0 Å². The van der Waals surface area contributed by atoms with Crippen LogP contribution in [0.5, 0.6) is 0 Å². The molecule has 1 rings (SSSR count). The van der Waals surface area contributed by atoms with Gasteiger partial charge >= 0.3 is 0 Å². The van der Waals surface area contributed by atoms with Gasteiger partial charge in [0.05, 0.1) is 17.6 Å². The van der Waals surface area contributed by atoms with E-state index >= 15 is 0 Å². The topological polar surface area (TPSA) is 44.0 Å². The van der Waals surface area contributed by atoms with Crippen LogP contribution in [0.3, 0.4) is 0 Å². The van der Waals surface area contributed by atoms with E-state index in [0.29, 0.717) is 11.8 Å². The van der Waals surface area contributed by atoms with Crippen molar-refractivity contribution < 1.29 is 5.11 Å². The minimum atomic E-state index is -0.455. The van der Waals surface area contributed by atoms with Gasteiger partial charge < -0.3 is 5.11 Å². The lowest BCUT2D eigenvalue weighted by atomic mass is 9.65. The summed E-state index contributed by atoms with van der Waals surface area (Å²) in [4.78, 5) is 0. The van der Waals surface area contributed by atoms with Crippen LogP contribution in [0.4, 0.5) is 0 Å². The van der Waals surface area contributed by atoms with Crippen LogP contribution in [0.15, 0.2) is 0 Å². The lowest BCUT2D eigenvalue weighted by Gasteiger charge is -2.39. The molecule has 1 aliphatic rings. The molecular weight excluding hydrogens is 198 g/mol. The lowest BCUT2D eigenvalue weighted by molar-refractivity contribution is 0.00676. The minimum absolute atomic E-state index is 0.438. The van der Waals surface area contributed by atoms with Crippen LogP contribution in [0.2, 0.25) is 0 Å². The van der Waals surface area contributed by atoms with Gasteiger partial charge in [-0.2, -0.15) is 5.26 Å². The molecule has 0 bridgehead atoms. The Labute approximate surface area is 99.7 Å². The number of nitrogens with zero attached hydrogens (tertiary/aromatic N) is 1. The molecule has 0 heterocycles. The Hall–Kier alpha value is -0.550. The van der Waals surface area contributed by atoms with E-state index in [2.05, 4.69) is 26.8 Å². The van der Waals surface area contributed by atoms with Crippen molar-refractivity contribution >= 4 is 0 Å². The summed E-state index contributed by atoms with van der Waals surface area (Å²) < 4.78 is 0. The Morgan fingerprint density at radius 2 is 2.19 bits per heavy atom. The van der Waals surface area contributed by atoms with Crippen molar-refractivity contribution in [2.24, 2.45) is 17.3 Å². The van der Waals surface area contributed by atoms with Gasteiger partial charge in [-0.15, -0.1) is 0 Å². The first-order valence-electron chi connectivity index (χ1n) is 6.63. The third-order valence-corrected chi connectivity index (χ3v) is 4.02. The van der Waals surface area contributed by atoms with Crippen molar-refractivity contribution in [3.8, 4) is 6.07 Å². The summed E-state index contributed by atoms with van der Waals surface area (Å²) in [6.45, 7) is 6.40. The molecule has 1 N–H and O–H groups in total. The highest BCUT2D eigenvalue weighted by atomic mass is 16.3. The molecule has 1 fully saturated rings. The summed E-state index contributed by atoms with van der Waals surface area (Å²) >= 11 is 0. The predicted octanol–water partition coefficient (Wildman–Crippen LogP) is 3.50. The zero-order chi connectivity index (χ0) is 12.2. The van der Waals surface area contributed by atoms with E-state index in [4.69, 9.17) is 0 Å². The average Bonchev–Trinajstić information content (AvgIpc) is 2.28. The third kappa shape index (κ3) is 2.98. The van der Waals surface area contributed by atoms with Gasteiger partial charge in [0.25, 0.3) is 0 Å². The van der Waals surface area contributed by atoms with Crippen molar-refractivity contribution in [2.45, 2.75) is 65.4 Å². The molecule has 0 aromatic heterocycles. The Morgan fingerprint density at radius 1 is 1.50 bits per heavy atom. The van der Waals surface area contributed by atoms with Gasteiger partial charge in [0, 0.05) is 0 Å². The van der Waals surface area contributed by atoms with Crippen molar-refractivity contribution in [3.63, 3.8) is 0 Å². The first-order valence-corrected chi connectivity index (χ1v) is 6.63. The van der Waals surface area contributed by atoms with Gasteiger partial charge in [-0.05, 0) is 31.1 Å². The fourth-order valence-electron chi connectivity index (χ4n) is 2.92. The Kier molecular flexibility index (Phi) is 4.80. The van der Waals surface area contributed by atoms with E-state index in [1.807, 2.05) is 0 Å². The molecule has 92 valence electrons. The SMILES string of the molecule is CCC1CCCC(C#N)(C(O)CC(C)C)C1. The molecule has 1 aliphatic carbocycles. The Morgan fingerprint density at radius 3 is 2.69 bits per heavy atom. The van der Waals surface area contributed by atoms with Crippen molar-refractivity contribution in [1.29, 1.82) is 5.26 Å². The number of aliphatic hydroxyl groups excluding tert-OH is 1. The van der Waals surface area contributed by atoms with Gasteiger partial charge in [-0.1, -0.05) is 40.0 Å². The standard InChI is InChI=1S/C14H25NO/c1-4-12-6-5-7-14(9-12,10-15)13(16)8-11(2)3/h11-13,16H,4-9H2,1-3H3. The van der Waals surface area contributed by atoms with E-state index in [1.54, 1.807) is 0 Å². The average molecular weight is 223 g/mol. The van der Waals surface area contributed by atoms with Crippen molar-refractivity contribution in [3.05, 3.63) is 0 Å². The highest BCUT2D eigenvalue weighted by molar-refractivity contribution is 5.06. The highest BCUT2D eigenvalue weighted by Crippen LogP contribution is 2.44. The van der Waals surface area contributed by atoms with E-state index in [0.717, 1.165) is 32.1 Å². The maximum Gasteiger partial charge on any atom is 0.0835 e. The van der Waals surface area contributed by atoms with Crippen LogP contribution < -0.4 is 0 Å². The van der Waals surface area contributed by atoms with Crippen LogP contribution in [0.25, 0.3) is 0 Å². The molecule has 2 heteroatoms. The van der Waals surface area contributed by atoms with Crippen LogP contribution in [-0.4, -0.2) is 11.2 Å². The summed E-state index contributed by atoms with van der Waals surface area (Å²) in [5, 5.41) is 19.7. The van der Waals surface area contributed by atoms with Crippen LogP contribution in [0, 0.1) is 28.6 Å². The number of nitriles is 1. The highest BCUT2D eigenvalue weighted by Gasteiger charge is 2.42. The van der Waals surface area contributed by atoms with Crippen molar-refractivity contribution in [1.82, 2.24) is 0 Å². The summed E-state index contributed by atoms with van der Waals surface area (Å²) in [6, 6.07) is 2.44. The van der Waals surface area contributed by atoms with Gasteiger partial charge in [-0.25, -0.2) is 0 Å². The van der Waals surface area contributed by atoms with E-state index < -0.39 is 11.5 Å². The fraction of sp³-hybridized carbons (Fsp3) is 0.929. The van der Waals surface area contributed by atoms with E-state index in [-0.39, 0.29) is 0 Å². The lowest BCUT2D eigenvalue weighted by Crippen LogP contribution is -2.39. The van der Waals surface area contributed by atoms with E-state index in [1.165, 1.54) is 6.42 Å². The number of aliphatic hydroxyl groups is 1. The second-order valence-electron chi connectivity index (χ2n) is 5.78. The summed E-state index contributed by atoms with van der Waals surface area (Å²) in [7, 11) is 0.